The predicted octanol–water partition coefficient (Wildman–Crippen LogP) is 4.31. The van der Waals surface area contributed by atoms with Crippen molar-refractivity contribution < 1.29 is 14.5 Å². The van der Waals surface area contributed by atoms with Crippen LogP contribution in [0.1, 0.15) is 17.2 Å². The van der Waals surface area contributed by atoms with Gasteiger partial charge in [0.25, 0.3) is 11.8 Å². The van der Waals surface area contributed by atoms with Gasteiger partial charge in [-0.05, 0) is 18.2 Å². The zero-order chi connectivity index (χ0) is 24.5. The van der Waals surface area contributed by atoms with Crippen LogP contribution in [0.2, 0.25) is 10.0 Å². The minimum absolute atomic E-state index is 0.0860. The molecule has 0 aliphatic carbocycles. The molecule has 5 rings (SSSR count). The van der Waals surface area contributed by atoms with E-state index >= 15 is 0 Å². The fourth-order valence-corrected chi connectivity index (χ4v) is 5.56. The normalized spacial score (nSPS) is 17.1. The maximum Gasteiger partial charge on any atom is 0.283 e. The molecule has 178 valence electrons. The van der Waals surface area contributed by atoms with Crippen LogP contribution in [0.4, 0.5) is 5.69 Å². The molecule has 5 nitrogen and oxygen atoms in total. The van der Waals surface area contributed by atoms with E-state index in [1.165, 1.54) is 22.1 Å². The van der Waals surface area contributed by atoms with E-state index in [0.717, 1.165) is 18.0 Å². The molecule has 0 bridgehead atoms. The minimum Gasteiger partial charge on any atom is -0.354 e. The number of rotatable bonds is 5. The fraction of sp³-hybridized carbons (Fsp3) is 0.185. The second-order valence-corrected chi connectivity index (χ2v) is 9.83. The largest absolute Gasteiger partial charge is 0.354 e. The number of halogens is 3. The van der Waals surface area contributed by atoms with Crippen LogP contribution in [0.3, 0.4) is 0 Å². The molecule has 2 amide bonds. The molecule has 0 unspecified atom stereocenters. The highest BCUT2D eigenvalue weighted by Gasteiger charge is 2.43. The molecule has 2 heterocycles. The Kier molecular flexibility index (Phi) is 6.85. The Labute approximate surface area is 219 Å². The second kappa shape index (κ2) is 10.0. The van der Waals surface area contributed by atoms with Crippen molar-refractivity contribution in [2.45, 2.75) is 6.04 Å². The number of amides is 2. The number of hydrogen-bond acceptors (Lipinski definition) is 3. The van der Waals surface area contributed by atoms with Crippen LogP contribution in [0.5, 0.6) is 0 Å². The lowest BCUT2D eigenvalue weighted by Gasteiger charge is -2.38. The first kappa shape index (κ1) is 23.9. The molecule has 0 saturated carbocycles. The maximum absolute atomic E-state index is 13.4. The molecule has 2 aliphatic rings. The molecular weight excluding hydrogens is 505 g/mol. The summed E-state index contributed by atoms with van der Waals surface area (Å²) in [6.45, 7) is 2.74. The standard InChI is InChI=1S/C27H22Cl3N3O2/c28-20-11-12-21(29)22(17-20)33-26(34)23(30)25(27(33)35)32-15-13-31(14-16-32)24(18-7-3-1-4-8-18)19-9-5-2-6-10-19/h1-12,17,24H,13-16H2/p+1. The monoisotopic (exact) mass is 526 g/mol. The van der Waals surface area contributed by atoms with Crippen molar-refractivity contribution in [3.05, 3.63) is 111 Å². The minimum atomic E-state index is -0.586. The van der Waals surface area contributed by atoms with Gasteiger partial charge in [0.1, 0.15) is 16.8 Å². The Morgan fingerprint density at radius 2 is 1.31 bits per heavy atom. The number of nitrogens with zero attached hydrogens (tertiary/aromatic N) is 2. The summed E-state index contributed by atoms with van der Waals surface area (Å²) in [4.78, 5) is 30.6. The summed E-state index contributed by atoms with van der Waals surface area (Å²) in [7, 11) is 0. The third-order valence-corrected chi connectivity index (χ3v) is 7.44. The van der Waals surface area contributed by atoms with Crippen LogP contribution in [-0.2, 0) is 9.59 Å². The van der Waals surface area contributed by atoms with Gasteiger partial charge in [-0.15, -0.1) is 0 Å². The Morgan fingerprint density at radius 1 is 0.743 bits per heavy atom. The first-order valence-electron chi connectivity index (χ1n) is 11.4. The van der Waals surface area contributed by atoms with E-state index < -0.39 is 11.8 Å². The smallest absolute Gasteiger partial charge is 0.283 e. The van der Waals surface area contributed by atoms with E-state index in [1.54, 1.807) is 12.1 Å². The number of benzene rings is 3. The summed E-state index contributed by atoms with van der Waals surface area (Å²) >= 11 is 18.8. The van der Waals surface area contributed by atoms with Crippen LogP contribution >= 0.6 is 34.8 Å². The van der Waals surface area contributed by atoms with Gasteiger partial charge in [0, 0.05) is 16.1 Å². The van der Waals surface area contributed by atoms with E-state index in [2.05, 4.69) is 48.5 Å². The van der Waals surface area contributed by atoms with Crippen molar-refractivity contribution in [3.8, 4) is 0 Å². The number of nitrogens with one attached hydrogen (secondary N) is 1. The molecule has 1 fully saturated rings. The average molecular weight is 528 g/mol. The summed E-state index contributed by atoms with van der Waals surface area (Å²) in [6.07, 6.45) is 0. The summed E-state index contributed by atoms with van der Waals surface area (Å²) in [5, 5.41) is 0.543. The first-order chi connectivity index (χ1) is 17.0. The van der Waals surface area contributed by atoms with Gasteiger partial charge in [-0.3, -0.25) is 9.59 Å². The number of imide groups is 1. The van der Waals surface area contributed by atoms with Gasteiger partial charge >= 0.3 is 0 Å². The number of carbonyl (C=O) groups is 2. The van der Waals surface area contributed by atoms with E-state index in [9.17, 15) is 9.59 Å². The molecule has 1 saturated heterocycles. The van der Waals surface area contributed by atoms with Gasteiger partial charge in [-0.1, -0.05) is 95.5 Å². The lowest BCUT2D eigenvalue weighted by atomic mass is 9.96. The number of quaternary nitrogens is 1. The zero-order valence-corrected chi connectivity index (χ0v) is 21.0. The van der Waals surface area contributed by atoms with Gasteiger partial charge in [-0.25, -0.2) is 4.90 Å². The number of hydrogen-bond donors (Lipinski definition) is 1. The molecule has 35 heavy (non-hydrogen) atoms. The first-order valence-corrected chi connectivity index (χ1v) is 12.5. The van der Waals surface area contributed by atoms with Crippen LogP contribution in [0.25, 0.3) is 0 Å². The van der Waals surface area contributed by atoms with Crippen molar-refractivity contribution in [1.29, 1.82) is 0 Å². The summed E-state index contributed by atoms with van der Waals surface area (Å²) in [5.74, 6) is -1.06. The van der Waals surface area contributed by atoms with Gasteiger partial charge in [-0.2, -0.15) is 0 Å². The Morgan fingerprint density at radius 3 is 1.89 bits per heavy atom. The van der Waals surface area contributed by atoms with Gasteiger partial charge < -0.3 is 9.80 Å². The van der Waals surface area contributed by atoms with Crippen LogP contribution in [-0.4, -0.2) is 42.9 Å². The zero-order valence-electron chi connectivity index (χ0n) is 18.8. The van der Waals surface area contributed by atoms with Gasteiger partial charge in [0.15, 0.2) is 0 Å². The third-order valence-electron chi connectivity index (χ3n) is 6.55. The Balaban J connectivity index is 1.37. The molecule has 3 aromatic carbocycles. The number of piperazine rings is 1. The molecule has 0 aromatic heterocycles. The molecular formula is C27H23Cl3N3O2+. The second-order valence-electron chi connectivity index (χ2n) is 8.60. The molecule has 1 N–H and O–H groups in total. The van der Waals surface area contributed by atoms with Crippen LogP contribution in [0.15, 0.2) is 89.6 Å². The van der Waals surface area contributed by atoms with Crippen molar-refractivity contribution in [2.75, 3.05) is 31.1 Å². The molecule has 0 atom stereocenters. The van der Waals surface area contributed by atoms with Crippen molar-refractivity contribution in [2.24, 2.45) is 0 Å². The summed E-state index contributed by atoms with van der Waals surface area (Å²) in [5.41, 5.74) is 2.95. The molecule has 8 heteroatoms. The Bertz CT molecular complexity index is 1250. The molecule has 0 radical (unpaired) electrons. The molecule has 3 aromatic rings. The fourth-order valence-electron chi connectivity index (χ4n) is 4.90. The van der Waals surface area contributed by atoms with E-state index in [1.807, 2.05) is 17.0 Å². The SMILES string of the molecule is O=C1C(Cl)=C(N2CC[NH+](C(c3ccccc3)c3ccccc3)CC2)C(=O)N1c1cc(Cl)ccc1Cl. The predicted molar refractivity (Wildman–Crippen MR) is 139 cm³/mol. The van der Waals surface area contributed by atoms with Gasteiger partial charge in [0.05, 0.1) is 36.9 Å². The van der Waals surface area contributed by atoms with Crippen LogP contribution < -0.4 is 9.80 Å². The lowest BCUT2D eigenvalue weighted by molar-refractivity contribution is -0.929. The van der Waals surface area contributed by atoms with Crippen molar-refractivity contribution in [1.82, 2.24) is 4.90 Å². The quantitative estimate of drug-likeness (QED) is 0.503. The molecule has 2 aliphatic heterocycles. The average Bonchev–Trinajstić information content (AvgIpc) is 3.10. The van der Waals surface area contributed by atoms with Crippen molar-refractivity contribution >= 4 is 52.3 Å². The Hall–Kier alpha value is -2.83. The van der Waals surface area contributed by atoms with Crippen LogP contribution in [0, 0.1) is 0 Å². The lowest BCUT2D eigenvalue weighted by Crippen LogP contribution is -3.15. The highest BCUT2D eigenvalue weighted by molar-refractivity contribution is 6.53. The van der Waals surface area contributed by atoms with E-state index in [0.29, 0.717) is 18.1 Å². The van der Waals surface area contributed by atoms with E-state index in [4.69, 9.17) is 34.8 Å². The van der Waals surface area contributed by atoms with E-state index in [-0.39, 0.29) is 27.5 Å². The number of anilines is 1. The maximum atomic E-state index is 13.4. The summed E-state index contributed by atoms with van der Waals surface area (Å²) < 4.78 is 0. The van der Waals surface area contributed by atoms with Crippen molar-refractivity contribution in [3.63, 3.8) is 0 Å². The summed E-state index contributed by atoms with van der Waals surface area (Å²) in [6, 6.07) is 25.7. The highest BCUT2D eigenvalue weighted by Crippen LogP contribution is 2.36. The third kappa shape index (κ3) is 4.57. The van der Waals surface area contributed by atoms with Gasteiger partial charge in [0.2, 0.25) is 0 Å². The topological polar surface area (TPSA) is 45.1 Å². The highest BCUT2D eigenvalue weighted by atomic mass is 35.5. The number of carbonyl (C=O) groups excluding carboxylic acids is 2. The molecule has 0 spiro atoms.